The van der Waals surface area contributed by atoms with Crippen LogP contribution >= 0.6 is 0 Å². The Kier molecular flexibility index (Phi) is 5.70. The summed E-state index contributed by atoms with van der Waals surface area (Å²) in [5.41, 5.74) is 5.94. The van der Waals surface area contributed by atoms with Gasteiger partial charge in [0.1, 0.15) is 21.8 Å². The van der Waals surface area contributed by atoms with E-state index >= 15 is 0 Å². The van der Waals surface area contributed by atoms with Crippen LogP contribution in [0.3, 0.4) is 0 Å². The van der Waals surface area contributed by atoms with Crippen LogP contribution in [0.5, 0.6) is 0 Å². The van der Waals surface area contributed by atoms with Gasteiger partial charge in [0, 0.05) is 36.6 Å². The molecule has 34 heavy (non-hydrogen) atoms. The molecule has 0 saturated carbocycles. The molecule has 3 fully saturated rings. The van der Waals surface area contributed by atoms with Gasteiger partial charge in [0.15, 0.2) is 0 Å². The fourth-order valence-electron chi connectivity index (χ4n) is 5.82. The lowest BCUT2D eigenvalue weighted by Crippen LogP contribution is -2.58. The van der Waals surface area contributed by atoms with E-state index < -0.39 is 9.84 Å². The number of H-pyrrole nitrogens is 1. The topological polar surface area (TPSA) is 91.0 Å². The average Bonchev–Trinajstić information content (AvgIpc) is 3.27. The van der Waals surface area contributed by atoms with E-state index in [0.29, 0.717) is 18.3 Å². The van der Waals surface area contributed by atoms with Crippen LogP contribution in [-0.4, -0.2) is 72.5 Å². The third-order valence-electron chi connectivity index (χ3n) is 8.30. The summed E-state index contributed by atoms with van der Waals surface area (Å²) in [6, 6.07) is 11.0. The molecule has 7 nitrogen and oxygen atoms in total. The number of aromatic amines is 1. The Labute approximate surface area is 201 Å². The van der Waals surface area contributed by atoms with Gasteiger partial charge in [-0.2, -0.15) is 0 Å². The largest absolute Gasteiger partial charge is 0.339 e. The SMILES string of the molecule is O=S1(=O)CCC(c2ncnc3[nH]c(-c4ccc(CCN5CCC6(CC5)CNC6)cc4)cc23)CC1. The Bertz CT molecular complexity index is 1260. The Hall–Kier alpha value is -2.29. The van der Waals surface area contributed by atoms with Gasteiger partial charge in [-0.15, -0.1) is 0 Å². The van der Waals surface area contributed by atoms with Gasteiger partial charge in [-0.1, -0.05) is 24.3 Å². The lowest BCUT2D eigenvalue weighted by molar-refractivity contribution is 0.0560. The summed E-state index contributed by atoms with van der Waals surface area (Å²) in [7, 11) is -2.89. The van der Waals surface area contributed by atoms with Crippen molar-refractivity contribution in [1.82, 2.24) is 25.2 Å². The third-order valence-corrected chi connectivity index (χ3v) is 10.0. The van der Waals surface area contributed by atoms with Crippen molar-refractivity contribution < 1.29 is 8.42 Å². The molecule has 2 N–H and O–H groups in total. The monoisotopic (exact) mass is 479 g/mol. The first-order valence-electron chi connectivity index (χ1n) is 12.6. The summed E-state index contributed by atoms with van der Waals surface area (Å²) in [6.45, 7) is 6.01. The second-order valence-electron chi connectivity index (χ2n) is 10.5. The number of hydrogen-bond donors (Lipinski definition) is 2. The van der Waals surface area contributed by atoms with E-state index in [0.717, 1.165) is 41.0 Å². The summed E-state index contributed by atoms with van der Waals surface area (Å²) >= 11 is 0. The molecule has 0 radical (unpaired) electrons. The standard InChI is InChI=1S/C26H33N5O2S/c32-34(33)13-6-21(7-14-34)24-22-15-23(30-25(22)29-18-28-24)20-3-1-19(2-4-20)5-10-31-11-8-26(9-12-31)16-27-17-26/h1-4,15,18,21,27H,5-14,16-17H2,(H,28,29,30). The van der Waals surface area contributed by atoms with Crippen molar-refractivity contribution in [2.24, 2.45) is 5.41 Å². The molecular weight excluding hydrogens is 446 g/mol. The van der Waals surface area contributed by atoms with Crippen LogP contribution < -0.4 is 5.32 Å². The molecule has 0 unspecified atom stereocenters. The minimum absolute atomic E-state index is 0.172. The Morgan fingerprint density at radius 3 is 2.44 bits per heavy atom. The highest BCUT2D eigenvalue weighted by Crippen LogP contribution is 2.35. The van der Waals surface area contributed by atoms with Gasteiger partial charge >= 0.3 is 0 Å². The van der Waals surface area contributed by atoms with Gasteiger partial charge in [0.25, 0.3) is 0 Å². The van der Waals surface area contributed by atoms with Crippen molar-refractivity contribution in [2.45, 2.75) is 38.0 Å². The van der Waals surface area contributed by atoms with Crippen LogP contribution in [0, 0.1) is 5.41 Å². The average molecular weight is 480 g/mol. The predicted molar refractivity (Wildman–Crippen MR) is 135 cm³/mol. The van der Waals surface area contributed by atoms with Crippen molar-refractivity contribution in [1.29, 1.82) is 0 Å². The summed E-state index contributed by atoms with van der Waals surface area (Å²) < 4.78 is 23.7. The minimum atomic E-state index is -2.89. The third kappa shape index (κ3) is 4.39. The highest BCUT2D eigenvalue weighted by Gasteiger charge is 2.39. The number of sulfone groups is 1. The zero-order valence-electron chi connectivity index (χ0n) is 19.6. The number of fused-ring (bicyclic) bond motifs is 1. The maximum absolute atomic E-state index is 11.8. The van der Waals surface area contributed by atoms with E-state index in [1.54, 1.807) is 6.33 Å². The zero-order valence-corrected chi connectivity index (χ0v) is 20.4. The van der Waals surface area contributed by atoms with Crippen LogP contribution in [0.2, 0.25) is 0 Å². The molecule has 0 aliphatic carbocycles. The smallest absolute Gasteiger partial charge is 0.150 e. The second-order valence-corrected chi connectivity index (χ2v) is 12.8. The zero-order chi connectivity index (χ0) is 23.2. The fraction of sp³-hybridized carbons (Fsp3) is 0.538. The van der Waals surface area contributed by atoms with Gasteiger partial charge < -0.3 is 15.2 Å². The van der Waals surface area contributed by atoms with Gasteiger partial charge in [-0.3, -0.25) is 0 Å². The fourth-order valence-corrected chi connectivity index (χ4v) is 7.32. The Morgan fingerprint density at radius 1 is 1.03 bits per heavy atom. The summed E-state index contributed by atoms with van der Waals surface area (Å²) in [6.07, 6.45) is 6.62. The van der Waals surface area contributed by atoms with E-state index in [1.807, 2.05) is 0 Å². The van der Waals surface area contributed by atoms with E-state index in [4.69, 9.17) is 0 Å². The molecule has 180 valence electrons. The van der Waals surface area contributed by atoms with Crippen molar-refractivity contribution >= 4 is 20.9 Å². The van der Waals surface area contributed by atoms with Crippen LogP contribution in [0.1, 0.15) is 42.9 Å². The van der Waals surface area contributed by atoms with Crippen molar-refractivity contribution in [3.8, 4) is 11.3 Å². The molecule has 6 rings (SSSR count). The van der Waals surface area contributed by atoms with Crippen LogP contribution in [0.15, 0.2) is 36.7 Å². The number of nitrogens with one attached hydrogen (secondary N) is 2. The molecule has 1 spiro atoms. The molecule has 0 bridgehead atoms. The van der Waals surface area contributed by atoms with Gasteiger partial charge in [-0.05, 0) is 67.8 Å². The first-order valence-corrected chi connectivity index (χ1v) is 14.4. The molecule has 8 heteroatoms. The number of likely N-dealkylation sites (tertiary alicyclic amines) is 1. The van der Waals surface area contributed by atoms with Crippen molar-refractivity contribution in [3.05, 3.63) is 47.9 Å². The molecule has 5 heterocycles. The molecule has 2 aromatic heterocycles. The highest BCUT2D eigenvalue weighted by atomic mass is 32.2. The van der Waals surface area contributed by atoms with Crippen LogP contribution in [0.25, 0.3) is 22.3 Å². The number of aromatic nitrogens is 3. The van der Waals surface area contributed by atoms with Gasteiger partial charge in [0.05, 0.1) is 17.2 Å². The van der Waals surface area contributed by atoms with Gasteiger partial charge in [0.2, 0.25) is 0 Å². The Morgan fingerprint density at radius 2 is 1.76 bits per heavy atom. The molecule has 3 saturated heterocycles. The second kappa shape index (κ2) is 8.73. The molecule has 3 aliphatic heterocycles. The lowest BCUT2D eigenvalue weighted by Gasteiger charge is -2.48. The van der Waals surface area contributed by atoms with Gasteiger partial charge in [-0.25, -0.2) is 18.4 Å². The summed E-state index contributed by atoms with van der Waals surface area (Å²) in [4.78, 5) is 15.1. The molecule has 3 aromatic rings. The van der Waals surface area contributed by atoms with E-state index in [2.05, 4.69) is 55.5 Å². The molecule has 0 atom stereocenters. The Balaban J connectivity index is 1.12. The first-order chi connectivity index (χ1) is 16.5. The maximum atomic E-state index is 11.8. The quantitative estimate of drug-likeness (QED) is 0.584. The predicted octanol–water partition coefficient (Wildman–Crippen LogP) is 3.15. The normalized spacial score (nSPS) is 22.7. The molecular formula is C26H33N5O2S. The van der Waals surface area contributed by atoms with Crippen LogP contribution in [-0.2, 0) is 16.3 Å². The van der Waals surface area contributed by atoms with Crippen molar-refractivity contribution in [3.63, 3.8) is 0 Å². The lowest BCUT2D eigenvalue weighted by atomic mass is 9.73. The number of nitrogens with zero attached hydrogens (tertiary/aromatic N) is 3. The number of benzene rings is 1. The first kappa shape index (κ1) is 22.2. The number of hydrogen-bond acceptors (Lipinski definition) is 6. The maximum Gasteiger partial charge on any atom is 0.150 e. The van der Waals surface area contributed by atoms with E-state index in [9.17, 15) is 8.42 Å². The summed E-state index contributed by atoms with van der Waals surface area (Å²) in [5, 5.41) is 4.45. The molecule has 1 aromatic carbocycles. The van der Waals surface area contributed by atoms with E-state index in [-0.39, 0.29) is 17.4 Å². The van der Waals surface area contributed by atoms with Crippen LogP contribution in [0.4, 0.5) is 0 Å². The number of rotatable bonds is 5. The van der Waals surface area contributed by atoms with E-state index in [1.165, 1.54) is 44.6 Å². The molecule has 0 amide bonds. The number of piperidine rings is 1. The van der Waals surface area contributed by atoms with Crippen molar-refractivity contribution in [2.75, 3.05) is 44.2 Å². The summed E-state index contributed by atoms with van der Waals surface area (Å²) in [5.74, 6) is 0.666. The molecule has 3 aliphatic rings. The minimum Gasteiger partial charge on any atom is -0.339 e. The highest BCUT2D eigenvalue weighted by molar-refractivity contribution is 7.91.